The van der Waals surface area contributed by atoms with Gasteiger partial charge in [0.2, 0.25) is 0 Å². The van der Waals surface area contributed by atoms with Crippen LogP contribution in [0.2, 0.25) is 0 Å². The van der Waals surface area contributed by atoms with Crippen LogP contribution in [0, 0.1) is 0 Å². The monoisotopic (exact) mass is 370 g/mol. The summed E-state index contributed by atoms with van der Waals surface area (Å²) in [6, 6.07) is 3.86. The lowest BCUT2D eigenvalue weighted by Crippen LogP contribution is -2.44. The van der Waals surface area contributed by atoms with Crippen molar-refractivity contribution in [3.63, 3.8) is 0 Å². The van der Waals surface area contributed by atoms with E-state index in [-0.39, 0.29) is 12.1 Å². The van der Waals surface area contributed by atoms with Crippen molar-refractivity contribution in [3.05, 3.63) is 41.3 Å². The molecule has 144 valence electrons. The molecule has 8 nitrogen and oxygen atoms in total. The molecule has 0 saturated carbocycles. The molecule has 1 aliphatic carbocycles. The van der Waals surface area contributed by atoms with E-state index in [4.69, 9.17) is 4.74 Å². The summed E-state index contributed by atoms with van der Waals surface area (Å²) >= 11 is 0. The van der Waals surface area contributed by atoms with E-state index in [0.717, 1.165) is 49.4 Å². The highest BCUT2D eigenvalue weighted by atomic mass is 16.5. The third kappa shape index (κ3) is 3.96. The van der Waals surface area contributed by atoms with E-state index in [0.29, 0.717) is 19.8 Å². The second-order valence-corrected chi connectivity index (χ2v) is 7.04. The van der Waals surface area contributed by atoms with Crippen molar-refractivity contribution >= 4 is 11.8 Å². The molecule has 0 radical (unpaired) electrons. The number of nitrogens with zero attached hydrogens (tertiary/aromatic N) is 4. The van der Waals surface area contributed by atoms with Crippen LogP contribution in [0.4, 0.5) is 10.6 Å². The van der Waals surface area contributed by atoms with Gasteiger partial charge in [-0.2, -0.15) is 5.10 Å². The zero-order chi connectivity index (χ0) is 18.6. The standard InChI is InChI=1S/C19H26N6O2/c1-24-18(15-5-2-6-16(15)23-24)22-19(26)21-13-17(14-4-3-7-20-12-14)25-8-10-27-11-9-25/h3-4,7,12,17H,2,5-6,8-11,13H2,1H3,(H2,21,22,26). The number of fused-ring (bicyclic) bond motifs is 1. The number of anilines is 1. The molecular weight excluding hydrogens is 344 g/mol. The summed E-state index contributed by atoms with van der Waals surface area (Å²) in [6.07, 6.45) is 6.71. The lowest BCUT2D eigenvalue weighted by Gasteiger charge is -2.34. The molecule has 8 heteroatoms. The highest BCUT2D eigenvalue weighted by molar-refractivity contribution is 5.89. The van der Waals surface area contributed by atoms with Crippen LogP contribution < -0.4 is 10.6 Å². The van der Waals surface area contributed by atoms with E-state index < -0.39 is 0 Å². The second-order valence-electron chi connectivity index (χ2n) is 7.04. The van der Waals surface area contributed by atoms with Gasteiger partial charge < -0.3 is 10.1 Å². The Morgan fingerprint density at radius 2 is 2.19 bits per heavy atom. The molecule has 27 heavy (non-hydrogen) atoms. The van der Waals surface area contributed by atoms with Gasteiger partial charge in [0.05, 0.1) is 24.9 Å². The predicted molar refractivity (Wildman–Crippen MR) is 102 cm³/mol. The normalized spacial score (nSPS) is 18.1. The Hall–Kier alpha value is -2.45. The zero-order valence-corrected chi connectivity index (χ0v) is 15.6. The highest BCUT2D eigenvalue weighted by Gasteiger charge is 2.25. The number of carbonyl (C=O) groups excluding carboxylic acids is 1. The summed E-state index contributed by atoms with van der Waals surface area (Å²) in [6.45, 7) is 3.63. The minimum Gasteiger partial charge on any atom is -0.379 e. The number of hydrogen-bond acceptors (Lipinski definition) is 5. The molecule has 1 fully saturated rings. The van der Waals surface area contributed by atoms with Crippen molar-refractivity contribution in [2.45, 2.75) is 25.3 Å². The first kappa shape index (κ1) is 17.9. The molecule has 0 aromatic carbocycles. The fraction of sp³-hybridized carbons (Fsp3) is 0.526. The van der Waals surface area contributed by atoms with Gasteiger partial charge in [0.15, 0.2) is 0 Å². The molecule has 2 aliphatic rings. The number of aryl methyl sites for hydroxylation is 2. The summed E-state index contributed by atoms with van der Waals surface area (Å²) in [5, 5.41) is 10.5. The molecule has 2 amide bonds. The van der Waals surface area contributed by atoms with Gasteiger partial charge in [0.1, 0.15) is 5.82 Å². The molecule has 3 heterocycles. The molecular formula is C19H26N6O2. The van der Waals surface area contributed by atoms with E-state index >= 15 is 0 Å². The Kier molecular flexibility index (Phi) is 5.35. The molecule has 4 rings (SSSR count). The number of morpholine rings is 1. The minimum absolute atomic E-state index is 0.0746. The van der Waals surface area contributed by atoms with Crippen LogP contribution in [0.15, 0.2) is 24.5 Å². The Balaban J connectivity index is 1.42. The van der Waals surface area contributed by atoms with E-state index in [1.165, 1.54) is 5.56 Å². The van der Waals surface area contributed by atoms with Crippen molar-refractivity contribution in [2.75, 3.05) is 38.2 Å². The van der Waals surface area contributed by atoms with E-state index in [9.17, 15) is 4.79 Å². The number of aromatic nitrogens is 3. The fourth-order valence-electron chi connectivity index (χ4n) is 3.94. The Morgan fingerprint density at radius 1 is 1.33 bits per heavy atom. The van der Waals surface area contributed by atoms with Gasteiger partial charge >= 0.3 is 6.03 Å². The number of hydrogen-bond donors (Lipinski definition) is 2. The minimum atomic E-state index is -0.199. The van der Waals surface area contributed by atoms with Gasteiger partial charge in [-0.25, -0.2) is 4.79 Å². The Morgan fingerprint density at radius 3 is 2.96 bits per heavy atom. The summed E-state index contributed by atoms with van der Waals surface area (Å²) in [5.41, 5.74) is 3.38. The van der Waals surface area contributed by atoms with Crippen molar-refractivity contribution < 1.29 is 9.53 Å². The third-order valence-electron chi connectivity index (χ3n) is 5.31. The number of carbonyl (C=O) groups is 1. The SMILES string of the molecule is Cn1nc2c(c1NC(=O)NCC(c1cccnc1)N1CCOCC1)CCC2. The van der Waals surface area contributed by atoms with Crippen LogP contribution >= 0.6 is 0 Å². The number of urea groups is 1. The van der Waals surface area contributed by atoms with Crippen LogP contribution in [-0.4, -0.2) is 58.5 Å². The van der Waals surface area contributed by atoms with Crippen LogP contribution in [0.25, 0.3) is 0 Å². The molecule has 1 atom stereocenters. The van der Waals surface area contributed by atoms with Gasteiger partial charge in [-0.1, -0.05) is 6.07 Å². The molecule has 1 aliphatic heterocycles. The van der Waals surface area contributed by atoms with Crippen molar-refractivity contribution in [1.29, 1.82) is 0 Å². The second kappa shape index (κ2) is 8.06. The summed E-state index contributed by atoms with van der Waals surface area (Å²) in [4.78, 5) is 19.1. The maximum absolute atomic E-state index is 12.6. The van der Waals surface area contributed by atoms with Crippen molar-refractivity contribution in [1.82, 2.24) is 25.0 Å². The molecule has 0 bridgehead atoms. The average Bonchev–Trinajstić information content (AvgIpc) is 3.26. The largest absolute Gasteiger partial charge is 0.379 e. The lowest BCUT2D eigenvalue weighted by molar-refractivity contribution is 0.0167. The Bertz CT molecular complexity index is 785. The molecule has 2 aromatic rings. The lowest BCUT2D eigenvalue weighted by atomic mass is 10.1. The fourth-order valence-corrected chi connectivity index (χ4v) is 3.94. The van der Waals surface area contributed by atoms with E-state index in [1.807, 2.05) is 19.3 Å². The summed E-state index contributed by atoms with van der Waals surface area (Å²) in [5.74, 6) is 0.810. The number of pyridine rings is 1. The van der Waals surface area contributed by atoms with Gasteiger partial charge in [0, 0.05) is 44.6 Å². The van der Waals surface area contributed by atoms with Crippen molar-refractivity contribution in [3.8, 4) is 0 Å². The number of rotatable bonds is 5. The third-order valence-corrected chi connectivity index (χ3v) is 5.31. The molecule has 1 saturated heterocycles. The zero-order valence-electron chi connectivity index (χ0n) is 15.6. The van der Waals surface area contributed by atoms with Gasteiger partial charge in [-0.3, -0.25) is 19.9 Å². The van der Waals surface area contributed by atoms with E-state index in [1.54, 1.807) is 10.9 Å². The van der Waals surface area contributed by atoms with Gasteiger partial charge in [-0.05, 0) is 30.9 Å². The molecule has 2 aromatic heterocycles. The van der Waals surface area contributed by atoms with Crippen LogP contribution in [0.3, 0.4) is 0 Å². The maximum atomic E-state index is 12.6. The predicted octanol–water partition coefficient (Wildman–Crippen LogP) is 1.50. The molecule has 2 N–H and O–H groups in total. The first-order valence-electron chi connectivity index (χ1n) is 9.53. The topological polar surface area (TPSA) is 84.3 Å². The smallest absolute Gasteiger partial charge is 0.320 e. The molecule has 1 unspecified atom stereocenters. The number of amides is 2. The summed E-state index contributed by atoms with van der Waals surface area (Å²) < 4.78 is 7.24. The maximum Gasteiger partial charge on any atom is 0.320 e. The average molecular weight is 370 g/mol. The first-order chi connectivity index (χ1) is 13.2. The Labute approximate surface area is 158 Å². The van der Waals surface area contributed by atoms with Crippen molar-refractivity contribution in [2.24, 2.45) is 7.05 Å². The van der Waals surface area contributed by atoms with Gasteiger partial charge in [-0.15, -0.1) is 0 Å². The highest BCUT2D eigenvalue weighted by Crippen LogP contribution is 2.28. The number of ether oxygens (including phenoxy) is 1. The summed E-state index contributed by atoms with van der Waals surface area (Å²) in [7, 11) is 1.88. The number of nitrogens with one attached hydrogen (secondary N) is 2. The quantitative estimate of drug-likeness (QED) is 0.833. The van der Waals surface area contributed by atoms with Crippen LogP contribution in [0.5, 0.6) is 0 Å². The molecule has 0 spiro atoms. The van der Waals surface area contributed by atoms with Crippen LogP contribution in [0.1, 0.15) is 29.3 Å². The van der Waals surface area contributed by atoms with E-state index in [2.05, 4.69) is 31.7 Å². The van der Waals surface area contributed by atoms with Crippen LogP contribution in [-0.2, 0) is 24.6 Å². The first-order valence-corrected chi connectivity index (χ1v) is 9.53. The van der Waals surface area contributed by atoms with Gasteiger partial charge in [0.25, 0.3) is 0 Å².